The zero-order chi connectivity index (χ0) is 15.2. The van der Waals surface area contributed by atoms with E-state index in [0.717, 1.165) is 37.6 Å². The minimum absolute atomic E-state index is 0.114. The topological polar surface area (TPSA) is 38.8 Å². The summed E-state index contributed by atoms with van der Waals surface area (Å²) in [4.78, 5) is 18.4. The molecule has 0 unspecified atom stereocenters. The van der Waals surface area contributed by atoms with Gasteiger partial charge >= 0.3 is 6.03 Å². The molecule has 21 heavy (non-hydrogen) atoms. The molecule has 0 radical (unpaired) electrons. The number of amides is 2. The highest BCUT2D eigenvalue weighted by Crippen LogP contribution is 2.26. The summed E-state index contributed by atoms with van der Waals surface area (Å²) in [6, 6.07) is 7.86. The second-order valence-electron chi connectivity index (χ2n) is 5.41. The highest BCUT2D eigenvalue weighted by atomic mass is 16.2. The molecule has 1 N–H and O–H groups in total. The molecular weight excluding hydrogens is 264 g/mol. The van der Waals surface area contributed by atoms with Gasteiger partial charge in [0.2, 0.25) is 0 Å². The largest absolute Gasteiger partial charge is 0.367 e. The molecule has 2 amide bonds. The Morgan fingerprint density at radius 2 is 2.00 bits per heavy atom. The van der Waals surface area contributed by atoms with E-state index in [2.05, 4.69) is 34.8 Å². The van der Waals surface area contributed by atoms with Crippen LogP contribution in [0.3, 0.4) is 0 Å². The van der Waals surface area contributed by atoms with Crippen LogP contribution in [0.25, 0.3) is 0 Å². The van der Waals surface area contributed by atoms with Gasteiger partial charge in [-0.2, -0.15) is 0 Å². The summed E-state index contributed by atoms with van der Waals surface area (Å²) in [5.74, 6) is 0. The Morgan fingerprint density at radius 1 is 1.33 bits per heavy atom. The van der Waals surface area contributed by atoms with Gasteiger partial charge in [-0.25, -0.2) is 4.79 Å². The fourth-order valence-electron chi connectivity index (χ4n) is 2.39. The van der Waals surface area contributed by atoms with Crippen LogP contribution >= 0.6 is 0 Å². The summed E-state index contributed by atoms with van der Waals surface area (Å²) in [5.41, 5.74) is 1.95. The number of hydrogen-bond acceptors (Lipinski definition) is 3. The van der Waals surface area contributed by atoms with Crippen LogP contribution in [0.15, 0.2) is 36.9 Å². The molecule has 1 aromatic rings. The molecule has 5 nitrogen and oxygen atoms in total. The van der Waals surface area contributed by atoms with Gasteiger partial charge in [-0.3, -0.25) is 0 Å². The Bertz CT molecular complexity index is 495. The van der Waals surface area contributed by atoms with Gasteiger partial charge in [0, 0.05) is 39.8 Å². The molecule has 1 heterocycles. The average molecular weight is 288 g/mol. The standard InChI is InChI=1S/C16H24N4O/c1-4-9-19(3)16(21)17-14-7-5-6-8-15(14)20-12-10-18(2)11-13-20/h4-8H,1,9-13H2,2-3H3,(H,17,21). The second kappa shape index (κ2) is 7.13. The molecule has 0 bridgehead atoms. The number of piperazine rings is 1. The second-order valence-corrected chi connectivity index (χ2v) is 5.41. The number of nitrogens with one attached hydrogen (secondary N) is 1. The fraction of sp³-hybridized carbons (Fsp3) is 0.438. The zero-order valence-corrected chi connectivity index (χ0v) is 12.9. The van der Waals surface area contributed by atoms with Gasteiger partial charge in [0.1, 0.15) is 0 Å². The molecular formula is C16H24N4O. The molecule has 1 aliphatic rings. The van der Waals surface area contributed by atoms with Crippen LogP contribution in [-0.2, 0) is 0 Å². The summed E-state index contributed by atoms with van der Waals surface area (Å²) in [5, 5.41) is 2.99. The molecule has 0 aliphatic carbocycles. The van der Waals surface area contributed by atoms with Gasteiger partial charge in [0.25, 0.3) is 0 Å². The molecule has 1 aromatic carbocycles. The number of benzene rings is 1. The van der Waals surface area contributed by atoms with Crippen LogP contribution in [0.2, 0.25) is 0 Å². The lowest BCUT2D eigenvalue weighted by molar-refractivity contribution is 0.226. The van der Waals surface area contributed by atoms with Crippen molar-refractivity contribution in [2.24, 2.45) is 0 Å². The van der Waals surface area contributed by atoms with E-state index in [1.54, 1.807) is 18.0 Å². The van der Waals surface area contributed by atoms with Crippen molar-refractivity contribution in [2.45, 2.75) is 0 Å². The molecule has 1 aliphatic heterocycles. The van der Waals surface area contributed by atoms with Gasteiger partial charge in [-0.15, -0.1) is 6.58 Å². The highest BCUT2D eigenvalue weighted by molar-refractivity contribution is 5.93. The maximum absolute atomic E-state index is 12.1. The number of urea groups is 1. The Labute approximate surface area is 126 Å². The lowest BCUT2D eigenvalue weighted by Gasteiger charge is -2.35. The molecule has 114 valence electrons. The van der Waals surface area contributed by atoms with E-state index in [9.17, 15) is 4.79 Å². The number of carbonyl (C=O) groups excluding carboxylic acids is 1. The normalized spacial score (nSPS) is 15.6. The molecule has 0 aromatic heterocycles. The lowest BCUT2D eigenvalue weighted by Crippen LogP contribution is -2.44. The van der Waals surface area contributed by atoms with Crippen molar-refractivity contribution in [3.63, 3.8) is 0 Å². The number of nitrogens with zero attached hydrogens (tertiary/aromatic N) is 3. The van der Waals surface area contributed by atoms with Crippen molar-refractivity contribution in [1.29, 1.82) is 0 Å². The van der Waals surface area contributed by atoms with Gasteiger partial charge in [0.15, 0.2) is 0 Å². The van der Waals surface area contributed by atoms with Crippen molar-refractivity contribution in [3.8, 4) is 0 Å². The Balaban J connectivity index is 2.10. The number of hydrogen-bond donors (Lipinski definition) is 1. The highest BCUT2D eigenvalue weighted by Gasteiger charge is 2.18. The first kappa shape index (κ1) is 15.4. The van der Waals surface area contributed by atoms with E-state index in [1.165, 1.54) is 0 Å². The van der Waals surface area contributed by atoms with Crippen LogP contribution in [0.5, 0.6) is 0 Å². The molecule has 0 atom stereocenters. The molecule has 1 fully saturated rings. The number of para-hydroxylation sites is 2. The first-order valence-electron chi connectivity index (χ1n) is 7.27. The number of carbonyl (C=O) groups is 1. The summed E-state index contributed by atoms with van der Waals surface area (Å²) in [6.07, 6.45) is 1.71. The Hall–Kier alpha value is -2.01. The maximum atomic E-state index is 12.1. The SMILES string of the molecule is C=CCN(C)C(=O)Nc1ccccc1N1CCN(C)CC1. The van der Waals surface area contributed by atoms with E-state index >= 15 is 0 Å². The van der Waals surface area contributed by atoms with Crippen LogP contribution in [0, 0.1) is 0 Å². The number of likely N-dealkylation sites (N-methyl/N-ethyl adjacent to an activating group) is 2. The quantitative estimate of drug-likeness (QED) is 0.862. The first-order valence-corrected chi connectivity index (χ1v) is 7.27. The van der Waals surface area contributed by atoms with Crippen molar-refractivity contribution in [2.75, 3.05) is 57.0 Å². The van der Waals surface area contributed by atoms with Crippen LogP contribution in [0.1, 0.15) is 0 Å². The maximum Gasteiger partial charge on any atom is 0.321 e. The Kier molecular flexibility index (Phi) is 5.22. The van der Waals surface area contributed by atoms with Crippen molar-refractivity contribution >= 4 is 17.4 Å². The summed E-state index contributed by atoms with van der Waals surface area (Å²) in [7, 11) is 3.89. The van der Waals surface area contributed by atoms with Crippen molar-refractivity contribution < 1.29 is 4.79 Å². The third kappa shape index (κ3) is 3.98. The van der Waals surface area contributed by atoms with Gasteiger partial charge in [0.05, 0.1) is 11.4 Å². The van der Waals surface area contributed by atoms with Crippen LogP contribution in [0.4, 0.5) is 16.2 Å². The van der Waals surface area contributed by atoms with E-state index < -0.39 is 0 Å². The van der Waals surface area contributed by atoms with E-state index in [0.29, 0.717) is 6.54 Å². The fourth-order valence-corrected chi connectivity index (χ4v) is 2.39. The van der Waals surface area contributed by atoms with E-state index in [1.807, 2.05) is 18.2 Å². The summed E-state index contributed by atoms with van der Waals surface area (Å²) >= 11 is 0. The lowest BCUT2D eigenvalue weighted by atomic mass is 10.2. The van der Waals surface area contributed by atoms with Gasteiger partial charge in [-0.1, -0.05) is 18.2 Å². The predicted octanol–water partition coefficient (Wildman–Crippen LogP) is 2.09. The minimum atomic E-state index is -0.114. The molecule has 0 saturated carbocycles. The van der Waals surface area contributed by atoms with Crippen molar-refractivity contribution in [3.05, 3.63) is 36.9 Å². The zero-order valence-electron chi connectivity index (χ0n) is 12.9. The number of anilines is 2. The van der Waals surface area contributed by atoms with Crippen LogP contribution in [-0.4, -0.2) is 62.7 Å². The van der Waals surface area contributed by atoms with Crippen molar-refractivity contribution in [1.82, 2.24) is 9.80 Å². The summed E-state index contributed by atoms with van der Waals surface area (Å²) < 4.78 is 0. The molecule has 1 saturated heterocycles. The third-order valence-corrected chi connectivity index (χ3v) is 3.74. The molecule has 2 rings (SSSR count). The van der Waals surface area contributed by atoms with Crippen LogP contribution < -0.4 is 10.2 Å². The monoisotopic (exact) mass is 288 g/mol. The minimum Gasteiger partial charge on any atom is -0.367 e. The Morgan fingerprint density at radius 3 is 2.67 bits per heavy atom. The van der Waals surface area contributed by atoms with Gasteiger partial charge in [-0.05, 0) is 19.2 Å². The predicted molar refractivity (Wildman–Crippen MR) is 88.0 cm³/mol. The average Bonchev–Trinajstić information content (AvgIpc) is 2.49. The van der Waals surface area contributed by atoms with Gasteiger partial charge < -0.3 is 20.0 Å². The smallest absolute Gasteiger partial charge is 0.321 e. The van der Waals surface area contributed by atoms with E-state index in [4.69, 9.17) is 0 Å². The van der Waals surface area contributed by atoms with E-state index in [-0.39, 0.29) is 6.03 Å². The summed E-state index contributed by atoms with van der Waals surface area (Å²) in [6.45, 7) is 8.22. The number of rotatable bonds is 4. The molecule has 0 spiro atoms. The first-order chi connectivity index (χ1) is 10.1. The third-order valence-electron chi connectivity index (χ3n) is 3.74. The molecule has 5 heteroatoms.